The molecule has 0 aromatic rings. The first-order valence-corrected chi connectivity index (χ1v) is 7.85. The second kappa shape index (κ2) is 7.25. The van der Waals surface area contributed by atoms with Crippen LogP contribution in [0.1, 0.15) is 47.5 Å². The van der Waals surface area contributed by atoms with Gasteiger partial charge in [-0.15, -0.1) is 0 Å². The van der Waals surface area contributed by atoms with E-state index in [-0.39, 0.29) is 23.7 Å². The summed E-state index contributed by atoms with van der Waals surface area (Å²) in [6.07, 6.45) is 1.67. The van der Waals surface area contributed by atoms with Crippen molar-refractivity contribution in [1.29, 1.82) is 0 Å². The number of rotatable bonds is 5. The Kier molecular flexibility index (Phi) is 6.20. The van der Waals surface area contributed by atoms with Gasteiger partial charge in [0.2, 0.25) is 5.91 Å². The maximum absolute atomic E-state index is 12.3. The summed E-state index contributed by atoms with van der Waals surface area (Å²) in [5, 5.41) is 2.91. The summed E-state index contributed by atoms with van der Waals surface area (Å²) in [4.78, 5) is 26.8. The Morgan fingerprint density at radius 3 is 2.43 bits per heavy atom. The molecule has 0 bridgehead atoms. The van der Waals surface area contributed by atoms with Crippen molar-refractivity contribution in [2.45, 2.75) is 59.1 Å². The third-order valence-electron chi connectivity index (χ3n) is 3.93. The zero-order chi connectivity index (χ0) is 16.2. The fourth-order valence-corrected chi connectivity index (χ4v) is 2.45. The molecule has 0 aromatic carbocycles. The largest absolute Gasteiger partial charge is 0.458 e. The van der Waals surface area contributed by atoms with Gasteiger partial charge in [0, 0.05) is 6.54 Å². The summed E-state index contributed by atoms with van der Waals surface area (Å²) >= 11 is 0. The first kappa shape index (κ1) is 18.0. The smallest absolute Gasteiger partial charge is 0.329 e. The van der Waals surface area contributed by atoms with Gasteiger partial charge in [0.25, 0.3) is 0 Å². The lowest BCUT2D eigenvalue weighted by Gasteiger charge is -2.28. The van der Waals surface area contributed by atoms with Crippen LogP contribution in [0.4, 0.5) is 0 Å². The second-order valence-corrected chi connectivity index (χ2v) is 7.15. The van der Waals surface area contributed by atoms with Crippen molar-refractivity contribution in [3.8, 4) is 0 Å². The number of hydrogen-bond donors (Lipinski definition) is 1. The molecule has 122 valence electrons. The normalized spacial score (nSPS) is 22.7. The second-order valence-electron chi connectivity index (χ2n) is 7.15. The van der Waals surface area contributed by atoms with Crippen molar-refractivity contribution < 1.29 is 14.3 Å². The van der Waals surface area contributed by atoms with E-state index in [4.69, 9.17) is 4.74 Å². The molecule has 3 atom stereocenters. The van der Waals surface area contributed by atoms with Crippen LogP contribution >= 0.6 is 0 Å². The van der Waals surface area contributed by atoms with Crippen LogP contribution in [-0.4, -0.2) is 48.6 Å². The van der Waals surface area contributed by atoms with E-state index in [1.165, 1.54) is 0 Å². The van der Waals surface area contributed by atoms with Gasteiger partial charge in [-0.2, -0.15) is 0 Å². The van der Waals surface area contributed by atoms with Crippen LogP contribution in [0.3, 0.4) is 0 Å². The molecule has 1 heterocycles. The standard InChI is InChI=1S/C16H30N2O3/c1-7-11(2)13(15(20)21-16(3,4)5)17-14(19)12-8-9-18(6)10-12/h11-13H,7-10H2,1-6H3,(H,17,19)/t11-,12?,13-/m0/s1. The lowest BCUT2D eigenvalue weighted by molar-refractivity contribution is -0.160. The number of hydrogen-bond acceptors (Lipinski definition) is 4. The van der Waals surface area contributed by atoms with E-state index in [2.05, 4.69) is 10.2 Å². The Labute approximate surface area is 128 Å². The van der Waals surface area contributed by atoms with E-state index in [1.807, 2.05) is 41.7 Å². The van der Waals surface area contributed by atoms with Gasteiger partial charge in [-0.3, -0.25) is 4.79 Å². The molecule has 5 nitrogen and oxygen atoms in total. The summed E-state index contributed by atoms with van der Waals surface area (Å²) in [5.41, 5.74) is -0.541. The lowest BCUT2D eigenvalue weighted by atomic mass is 9.97. The predicted octanol–water partition coefficient (Wildman–Crippen LogP) is 1.81. The minimum atomic E-state index is -0.562. The van der Waals surface area contributed by atoms with Gasteiger partial charge in [0.1, 0.15) is 11.6 Å². The molecule has 1 aliphatic heterocycles. The van der Waals surface area contributed by atoms with Crippen molar-refractivity contribution in [2.75, 3.05) is 20.1 Å². The van der Waals surface area contributed by atoms with E-state index in [1.54, 1.807) is 0 Å². The van der Waals surface area contributed by atoms with E-state index in [0.29, 0.717) is 0 Å². The van der Waals surface area contributed by atoms with Crippen LogP contribution in [0, 0.1) is 11.8 Å². The molecule has 1 fully saturated rings. The highest BCUT2D eigenvalue weighted by molar-refractivity contribution is 5.86. The van der Waals surface area contributed by atoms with Crippen LogP contribution in [-0.2, 0) is 14.3 Å². The molecule has 1 N–H and O–H groups in total. The number of carbonyl (C=O) groups excluding carboxylic acids is 2. The molecule has 5 heteroatoms. The average molecular weight is 298 g/mol. The van der Waals surface area contributed by atoms with Crippen LogP contribution < -0.4 is 5.32 Å². The summed E-state index contributed by atoms with van der Waals surface area (Å²) in [6.45, 7) is 11.2. The van der Waals surface area contributed by atoms with Crippen molar-refractivity contribution in [2.24, 2.45) is 11.8 Å². The van der Waals surface area contributed by atoms with Crippen molar-refractivity contribution in [1.82, 2.24) is 10.2 Å². The van der Waals surface area contributed by atoms with Crippen molar-refractivity contribution >= 4 is 11.9 Å². The highest BCUT2D eigenvalue weighted by Gasteiger charge is 2.34. The fourth-order valence-electron chi connectivity index (χ4n) is 2.45. The maximum Gasteiger partial charge on any atom is 0.329 e. The van der Waals surface area contributed by atoms with E-state index in [0.717, 1.165) is 25.9 Å². The molecule has 0 saturated carbocycles. The molecule has 0 spiro atoms. The van der Waals surface area contributed by atoms with Crippen LogP contribution in [0.2, 0.25) is 0 Å². The van der Waals surface area contributed by atoms with E-state index >= 15 is 0 Å². The van der Waals surface area contributed by atoms with E-state index in [9.17, 15) is 9.59 Å². The van der Waals surface area contributed by atoms with E-state index < -0.39 is 11.6 Å². The zero-order valence-electron chi connectivity index (χ0n) is 14.2. The number of nitrogens with zero attached hydrogens (tertiary/aromatic N) is 1. The van der Waals surface area contributed by atoms with Crippen LogP contribution in [0.25, 0.3) is 0 Å². The van der Waals surface area contributed by atoms with Crippen LogP contribution in [0.15, 0.2) is 0 Å². The number of amides is 1. The van der Waals surface area contributed by atoms with Gasteiger partial charge in [-0.1, -0.05) is 20.3 Å². The molecular weight excluding hydrogens is 268 g/mol. The van der Waals surface area contributed by atoms with Gasteiger partial charge in [0.15, 0.2) is 0 Å². The average Bonchev–Trinajstić information content (AvgIpc) is 2.79. The molecule has 1 amide bonds. The first-order chi connectivity index (χ1) is 9.64. The minimum absolute atomic E-state index is 0.0241. The fraction of sp³-hybridized carbons (Fsp3) is 0.875. The number of nitrogens with one attached hydrogen (secondary N) is 1. The summed E-state index contributed by atoms with van der Waals surface area (Å²) < 4.78 is 5.44. The monoisotopic (exact) mass is 298 g/mol. The molecular formula is C16H30N2O3. The molecule has 1 unspecified atom stereocenters. The zero-order valence-corrected chi connectivity index (χ0v) is 14.2. The van der Waals surface area contributed by atoms with Crippen molar-refractivity contribution in [3.05, 3.63) is 0 Å². The Morgan fingerprint density at radius 2 is 2.00 bits per heavy atom. The van der Waals surface area contributed by atoms with Gasteiger partial charge >= 0.3 is 5.97 Å². The molecule has 0 aliphatic carbocycles. The third kappa shape index (κ3) is 5.65. The quantitative estimate of drug-likeness (QED) is 0.787. The highest BCUT2D eigenvalue weighted by atomic mass is 16.6. The topological polar surface area (TPSA) is 58.6 Å². The van der Waals surface area contributed by atoms with Gasteiger partial charge in [-0.25, -0.2) is 4.79 Å². The number of carbonyl (C=O) groups is 2. The van der Waals surface area contributed by atoms with Gasteiger partial charge < -0.3 is 15.0 Å². The lowest BCUT2D eigenvalue weighted by Crippen LogP contribution is -2.49. The number of esters is 1. The number of likely N-dealkylation sites (tertiary alicyclic amines) is 1. The molecule has 1 aliphatic rings. The van der Waals surface area contributed by atoms with Gasteiger partial charge in [-0.05, 0) is 46.7 Å². The Balaban J connectivity index is 2.70. The molecule has 21 heavy (non-hydrogen) atoms. The van der Waals surface area contributed by atoms with Crippen molar-refractivity contribution in [3.63, 3.8) is 0 Å². The molecule has 0 radical (unpaired) electrons. The molecule has 1 rings (SSSR count). The molecule has 1 saturated heterocycles. The SMILES string of the molecule is CC[C@H](C)[C@H](NC(=O)C1CCN(C)C1)C(=O)OC(C)(C)C. The Morgan fingerprint density at radius 1 is 1.38 bits per heavy atom. The Bertz CT molecular complexity index is 376. The van der Waals surface area contributed by atoms with Gasteiger partial charge in [0.05, 0.1) is 5.92 Å². The summed E-state index contributed by atoms with van der Waals surface area (Å²) in [6, 6.07) is -0.562. The van der Waals surface area contributed by atoms with Crippen LogP contribution in [0.5, 0.6) is 0 Å². The number of ether oxygens (including phenoxy) is 1. The highest BCUT2D eigenvalue weighted by Crippen LogP contribution is 2.18. The molecule has 0 aromatic heterocycles. The Hall–Kier alpha value is -1.10. The third-order valence-corrected chi connectivity index (χ3v) is 3.93. The first-order valence-electron chi connectivity index (χ1n) is 7.85. The minimum Gasteiger partial charge on any atom is -0.458 e. The maximum atomic E-state index is 12.3. The summed E-state index contributed by atoms with van der Waals surface area (Å²) in [5.74, 6) is -0.334. The predicted molar refractivity (Wildman–Crippen MR) is 82.8 cm³/mol. The summed E-state index contributed by atoms with van der Waals surface area (Å²) in [7, 11) is 2.01.